The second-order valence-corrected chi connectivity index (χ2v) is 4.00. The van der Waals surface area contributed by atoms with Gasteiger partial charge in [-0.15, -0.1) is 0 Å². The van der Waals surface area contributed by atoms with Gasteiger partial charge < -0.3 is 9.47 Å². The smallest absolute Gasteiger partial charge is 0.387 e. The maximum absolute atomic E-state index is 11.9. The van der Waals surface area contributed by atoms with Crippen molar-refractivity contribution in [2.75, 3.05) is 6.86 Å². The number of benzene rings is 1. The Bertz CT molecular complexity index is 347. The predicted molar refractivity (Wildman–Crippen MR) is 55.1 cm³/mol. The predicted octanol–water partition coefficient (Wildman–Crippen LogP) is 4.12. The summed E-state index contributed by atoms with van der Waals surface area (Å²) in [5.74, 6) is -0.0222. The highest BCUT2D eigenvalue weighted by Crippen LogP contribution is 2.37. The van der Waals surface area contributed by atoms with Crippen LogP contribution in [-0.4, -0.2) is 13.5 Å². The highest BCUT2D eigenvalue weighted by atomic mass is 79.9. The van der Waals surface area contributed by atoms with Crippen molar-refractivity contribution in [1.29, 1.82) is 0 Å². The lowest BCUT2D eigenvalue weighted by atomic mass is 10.3. The summed E-state index contributed by atoms with van der Waals surface area (Å²) in [4.78, 5) is 0. The van der Waals surface area contributed by atoms with Gasteiger partial charge in [0.05, 0.1) is 4.47 Å². The van der Waals surface area contributed by atoms with Crippen LogP contribution in [0.2, 0.25) is 0 Å². The number of ether oxygens (including phenoxy) is 2. The fourth-order valence-electron chi connectivity index (χ4n) is 0.875. The molecule has 0 saturated heterocycles. The van der Waals surface area contributed by atoms with Crippen molar-refractivity contribution in [3.63, 3.8) is 0 Å². The molecule has 0 aliphatic carbocycles. The Morgan fingerprint density at radius 3 is 2.47 bits per heavy atom. The van der Waals surface area contributed by atoms with Crippen molar-refractivity contribution < 1.29 is 22.6 Å². The molecule has 7 heteroatoms. The van der Waals surface area contributed by atoms with Gasteiger partial charge in [0.1, 0.15) is 11.5 Å². The fraction of sp³-hybridized carbons (Fsp3) is 0.250. The molecule has 0 saturated carbocycles. The van der Waals surface area contributed by atoms with Crippen molar-refractivity contribution >= 4 is 31.9 Å². The minimum Gasteiger partial charge on any atom is -0.462 e. The third-order valence-corrected chi connectivity index (χ3v) is 3.38. The molecular weight excluding hydrogens is 345 g/mol. The number of alkyl halides is 3. The quantitative estimate of drug-likeness (QED) is 0.814. The second-order valence-electron chi connectivity index (χ2n) is 2.35. The normalized spacial score (nSPS) is 10.5. The summed E-state index contributed by atoms with van der Waals surface area (Å²) in [5.41, 5.74) is 0. The monoisotopic (exact) mass is 348 g/mol. The van der Waals surface area contributed by atoms with Crippen molar-refractivity contribution in [3.8, 4) is 11.5 Å². The standard InChI is InChI=1S/C8H5Br2F3O2/c9-5-1-4(15-8(12)13)2-6(7(5)10)14-3-11/h1-2,8H,3H2. The van der Waals surface area contributed by atoms with Crippen LogP contribution in [0, 0.1) is 0 Å². The van der Waals surface area contributed by atoms with E-state index in [1.807, 2.05) is 0 Å². The van der Waals surface area contributed by atoms with Crippen LogP contribution in [0.4, 0.5) is 13.2 Å². The molecule has 0 fully saturated rings. The lowest BCUT2D eigenvalue weighted by molar-refractivity contribution is -0.0500. The van der Waals surface area contributed by atoms with Gasteiger partial charge in [0.25, 0.3) is 0 Å². The first kappa shape index (κ1) is 12.6. The summed E-state index contributed by atoms with van der Waals surface area (Å²) < 4.78 is 45.3. The summed E-state index contributed by atoms with van der Waals surface area (Å²) in [7, 11) is 0. The van der Waals surface area contributed by atoms with Gasteiger partial charge >= 0.3 is 6.61 Å². The first-order valence-electron chi connectivity index (χ1n) is 3.67. The van der Waals surface area contributed by atoms with Crippen molar-refractivity contribution in [3.05, 3.63) is 21.1 Å². The molecule has 0 aliphatic rings. The average Bonchev–Trinajstić information content (AvgIpc) is 2.12. The molecule has 0 heterocycles. The molecule has 0 spiro atoms. The maximum atomic E-state index is 11.9. The Balaban J connectivity index is 3.00. The van der Waals surface area contributed by atoms with Crippen LogP contribution < -0.4 is 9.47 Å². The van der Waals surface area contributed by atoms with Crippen molar-refractivity contribution in [1.82, 2.24) is 0 Å². The molecule has 15 heavy (non-hydrogen) atoms. The van der Waals surface area contributed by atoms with Crippen LogP contribution >= 0.6 is 31.9 Å². The summed E-state index contributed by atoms with van der Waals surface area (Å²) in [5, 5.41) is 0. The van der Waals surface area contributed by atoms with E-state index in [2.05, 4.69) is 41.3 Å². The number of rotatable bonds is 4. The number of hydrogen-bond acceptors (Lipinski definition) is 2. The Morgan fingerprint density at radius 1 is 1.27 bits per heavy atom. The summed E-state index contributed by atoms with van der Waals surface area (Å²) in [6.07, 6.45) is 0. The van der Waals surface area contributed by atoms with Crippen LogP contribution in [0.1, 0.15) is 0 Å². The molecule has 0 atom stereocenters. The molecule has 0 bridgehead atoms. The van der Waals surface area contributed by atoms with Gasteiger partial charge in [-0.2, -0.15) is 8.78 Å². The van der Waals surface area contributed by atoms with E-state index in [9.17, 15) is 13.2 Å². The topological polar surface area (TPSA) is 18.5 Å². The molecule has 0 amide bonds. The first-order valence-corrected chi connectivity index (χ1v) is 5.25. The zero-order chi connectivity index (χ0) is 11.4. The van der Waals surface area contributed by atoms with Crippen LogP contribution in [0.15, 0.2) is 21.1 Å². The molecule has 84 valence electrons. The molecule has 0 N–H and O–H groups in total. The van der Waals surface area contributed by atoms with E-state index in [0.29, 0.717) is 8.95 Å². The van der Waals surface area contributed by atoms with E-state index in [1.165, 1.54) is 12.1 Å². The molecule has 2 nitrogen and oxygen atoms in total. The number of hydrogen-bond donors (Lipinski definition) is 0. The first-order chi connectivity index (χ1) is 7.04. The van der Waals surface area contributed by atoms with E-state index >= 15 is 0 Å². The zero-order valence-corrected chi connectivity index (χ0v) is 10.3. The SMILES string of the molecule is FCOc1cc(OC(F)F)cc(Br)c1Br. The van der Waals surface area contributed by atoms with E-state index in [4.69, 9.17) is 0 Å². The molecule has 0 unspecified atom stereocenters. The minimum atomic E-state index is -2.93. The largest absolute Gasteiger partial charge is 0.462 e. The van der Waals surface area contributed by atoms with Gasteiger partial charge in [-0.05, 0) is 37.9 Å². The highest BCUT2D eigenvalue weighted by molar-refractivity contribution is 9.13. The summed E-state index contributed by atoms with van der Waals surface area (Å²) in [6.45, 7) is -3.99. The van der Waals surface area contributed by atoms with Crippen LogP contribution in [0.3, 0.4) is 0 Å². The molecule has 1 aromatic carbocycles. The Morgan fingerprint density at radius 2 is 1.93 bits per heavy atom. The molecular formula is C8H5Br2F3O2. The second kappa shape index (κ2) is 5.60. The Kier molecular flexibility index (Phi) is 4.72. The molecule has 1 rings (SSSR count). The van der Waals surface area contributed by atoms with Gasteiger partial charge in [-0.3, -0.25) is 0 Å². The van der Waals surface area contributed by atoms with E-state index in [-0.39, 0.29) is 11.5 Å². The zero-order valence-electron chi connectivity index (χ0n) is 7.15. The fourth-order valence-corrected chi connectivity index (χ4v) is 1.64. The van der Waals surface area contributed by atoms with Crippen LogP contribution in [0.25, 0.3) is 0 Å². The van der Waals surface area contributed by atoms with Gasteiger partial charge in [0.15, 0.2) is 0 Å². The van der Waals surface area contributed by atoms with Crippen molar-refractivity contribution in [2.24, 2.45) is 0 Å². The maximum Gasteiger partial charge on any atom is 0.387 e. The van der Waals surface area contributed by atoms with E-state index in [1.54, 1.807) is 0 Å². The Labute approximate surface area is 101 Å². The van der Waals surface area contributed by atoms with E-state index in [0.717, 1.165) is 0 Å². The van der Waals surface area contributed by atoms with Crippen LogP contribution in [0.5, 0.6) is 11.5 Å². The summed E-state index contributed by atoms with van der Waals surface area (Å²) >= 11 is 6.18. The molecule has 0 aliphatic heterocycles. The van der Waals surface area contributed by atoms with Gasteiger partial charge in [-0.1, -0.05) is 0 Å². The molecule has 0 radical (unpaired) electrons. The lowest BCUT2D eigenvalue weighted by Crippen LogP contribution is -2.02. The Hall–Kier alpha value is -0.430. The minimum absolute atomic E-state index is 0.0857. The lowest BCUT2D eigenvalue weighted by Gasteiger charge is -2.10. The molecule has 1 aromatic rings. The van der Waals surface area contributed by atoms with Gasteiger partial charge in [0.2, 0.25) is 6.86 Å². The van der Waals surface area contributed by atoms with Crippen molar-refractivity contribution in [2.45, 2.75) is 6.61 Å². The average molecular weight is 350 g/mol. The van der Waals surface area contributed by atoms with Crippen LogP contribution in [-0.2, 0) is 0 Å². The third-order valence-electron chi connectivity index (χ3n) is 1.40. The van der Waals surface area contributed by atoms with E-state index < -0.39 is 13.5 Å². The third kappa shape index (κ3) is 3.57. The van der Waals surface area contributed by atoms with Gasteiger partial charge in [0, 0.05) is 10.5 Å². The molecule has 0 aromatic heterocycles. The highest BCUT2D eigenvalue weighted by Gasteiger charge is 2.11. The number of halogens is 5. The van der Waals surface area contributed by atoms with Gasteiger partial charge in [-0.25, -0.2) is 4.39 Å². The summed E-state index contributed by atoms with van der Waals surface area (Å²) in [6, 6.07) is 2.49.